The number of nitrogens with one attached hydrogen (secondary N) is 1. The van der Waals surface area contributed by atoms with Gasteiger partial charge in [0.15, 0.2) is 0 Å². The van der Waals surface area contributed by atoms with Gasteiger partial charge in [-0.15, -0.1) is 0 Å². The van der Waals surface area contributed by atoms with Gasteiger partial charge in [-0.1, -0.05) is 25.2 Å². The van der Waals surface area contributed by atoms with Crippen molar-refractivity contribution in [1.82, 2.24) is 9.88 Å². The first-order chi connectivity index (χ1) is 8.48. The lowest BCUT2D eigenvalue weighted by Crippen LogP contribution is -2.51. The topological polar surface area (TPSA) is 71.3 Å². The Bertz CT molecular complexity index is 452. The van der Waals surface area contributed by atoms with Crippen LogP contribution in [0.2, 0.25) is 0 Å². The average molecular weight is 272 g/mol. The lowest BCUT2D eigenvalue weighted by atomic mass is 9.94. The normalized spacial score (nSPS) is 11.6. The van der Waals surface area contributed by atoms with Crippen LogP contribution in [0.4, 0.5) is 0 Å². The lowest BCUT2D eigenvalue weighted by molar-refractivity contribution is -0.124. The van der Waals surface area contributed by atoms with Crippen molar-refractivity contribution in [3.8, 4) is 0 Å². The number of nitrogens with zero attached hydrogens (tertiary/aromatic N) is 1. The maximum Gasteiger partial charge on any atom is 0.307 e. The van der Waals surface area contributed by atoms with Crippen molar-refractivity contribution in [2.45, 2.75) is 45.7 Å². The number of aryl methyl sites for hydroxylation is 1. The van der Waals surface area contributed by atoms with Crippen LogP contribution in [0.15, 0.2) is 10.2 Å². The van der Waals surface area contributed by atoms with E-state index >= 15 is 0 Å². The number of aromatic nitrogens is 1. The van der Waals surface area contributed by atoms with Crippen molar-refractivity contribution in [3.63, 3.8) is 0 Å². The number of carbonyl (C=O) groups excluding carboxylic acids is 1. The SMILES string of the molecule is CCC(CC)(CO)NC(=O)Cn1c(C)csc1=O. The van der Waals surface area contributed by atoms with E-state index in [9.17, 15) is 14.7 Å². The van der Waals surface area contributed by atoms with Crippen molar-refractivity contribution in [1.29, 1.82) is 0 Å². The molecule has 0 bridgehead atoms. The number of aliphatic hydroxyl groups is 1. The molecule has 1 aromatic rings. The van der Waals surface area contributed by atoms with E-state index in [-0.39, 0.29) is 23.9 Å². The summed E-state index contributed by atoms with van der Waals surface area (Å²) < 4.78 is 1.44. The van der Waals surface area contributed by atoms with Gasteiger partial charge in [-0.3, -0.25) is 14.2 Å². The molecule has 0 aliphatic carbocycles. The minimum Gasteiger partial charge on any atom is -0.394 e. The molecule has 0 aliphatic rings. The summed E-state index contributed by atoms with van der Waals surface area (Å²) in [4.78, 5) is 23.3. The van der Waals surface area contributed by atoms with E-state index in [1.54, 1.807) is 12.3 Å². The zero-order chi connectivity index (χ0) is 13.8. The summed E-state index contributed by atoms with van der Waals surface area (Å²) in [6.07, 6.45) is 1.31. The number of rotatable bonds is 6. The Kier molecular flexibility index (Phi) is 5.10. The van der Waals surface area contributed by atoms with Gasteiger partial charge in [-0.2, -0.15) is 0 Å². The second kappa shape index (κ2) is 6.15. The molecule has 1 amide bonds. The van der Waals surface area contributed by atoms with Gasteiger partial charge in [0.05, 0.1) is 12.1 Å². The number of hydrogen-bond donors (Lipinski definition) is 2. The quantitative estimate of drug-likeness (QED) is 0.807. The fourth-order valence-electron chi connectivity index (χ4n) is 1.76. The van der Waals surface area contributed by atoms with Gasteiger partial charge in [0.25, 0.3) is 0 Å². The van der Waals surface area contributed by atoms with Crippen LogP contribution >= 0.6 is 11.3 Å². The van der Waals surface area contributed by atoms with Gasteiger partial charge in [-0.25, -0.2) is 0 Å². The van der Waals surface area contributed by atoms with Crippen LogP contribution < -0.4 is 10.2 Å². The number of thiazole rings is 1. The van der Waals surface area contributed by atoms with Crippen LogP contribution in [-0.4, -0.2) is 27.7 Å². The Morgan fingerprint density at radius 1 is 1.50 bits per heavy atom. The molecule has 1 aromatic heterocycles. The van der Waals surface area contributed by atoms with E-state index in [1.165, 1.54) is 4.57 Å². The molecule has 102 valence electrons. The molecule has 0 radical (unpaired) electrons. The van der Waals surface area contributed by atoms with E-state index in [0.29, 0.717) is 12.8 Å². The molecule has 0 saturated carbocycles. The Morgan fingerprint density at radius 3 is 2.50 bits per heavy atom. The summed E-state index contributed by atoms with van der Waals surface area (Å²) in [6, 6.07) is 0. The number of hydrogen-bond acceptors (Lipinski definition) is 4. The predicted molar refractivity (Wildman–Crippen MR) is 71.9 cm³/mol. The van der Waals surface area contributed by atoms with Crippen LogP contribution in [0.1, 0.15) is 32.4 Å². The van der Waals surface area contributed by atoms with Crippen LogP contribution in [0, 0.1) is 6.92 Å². The second-order valence-corrected chi connectivity index (χ2v) is 5.24. The highest BCUT2D eigenvalue weighted by Gasteiger charge is 2.27. The molecule has 18 heavy (non-hydrogen) atoms. The molecule has 0 saturated heterocycles. The summed E-state index contributed by atoms with van der Waals surface area (Å²) in [5, 5.41) is 13.9. The molecule has 2 N–H and O–H groups in total. The maximum atomic E-state index is 11.9. The molecular weight excluding hydrogens is 252 g/mol. The van der Waals surface area contributed by atoms with E-state index in [2.05, 4.69) is 5.32 Å². The molecule has 0 unspecified atom stereocenters. The third-order valence-electron chi connectivity index (χ3n) is 3.34. The van der Waals surface area contributed by atoms with E-state index in [0.717, 1.165) is 17.0 Å². The summed E-state index contributed by atoms with van der Waals surface area (Å²) in [5.41, 5.74) is 0.202. The van der Waals surface area contributed by atoms with Gasteiger partial charge in [-0.05, 0) is 19.8 Å². The second-order valence-electron chi connectivity index (χ2n) is 4.42. The fourth-order valence-corrected chi connectivity index (χ4v) is 2.50. The predicted octanol–water partition coefficient (Wildman–Crippen LogP) is 0.886. The molecule has 5 nitrogen and oxygen atoms in total. The molecule has 0 aromatic carbocycles. The first kappa shape index (κ1) is 14.9. The van der Waals surface area contributed by atoms with Crippen molar-refractivity contribution in [2.75, 3.05) is 6.61 Å². The summed E-state index contributed by atoms with van der Waals surface area (Å²) >= 11 is 1.09. The highest BCUT2D eigenvalue weighted by molar-refractivity contribution is 7.07. The molecule has 0 aliphatic heterocycles. The summed E-state index contributed by atoms with van der Waals surface area (Å²) in [6.45, 7) is 5.55. The van der Waals surface area contributed by atoms with Gasteiger partial charge in [0.2, 0.25) is 5.91 Å². The monoisotopic (exact) mass is 272 g/mol. The first-order valence-corrected chi connectivity index (χ1v) is 6.92. The van der Waals surface area contributed by atoms with E-state index < -0.39 is 5.54 Å². The van der Waals surface area contributed by atoms with Gasteiger partial charge in [0.1, 0.15) is 6.54 Å². The molecule has 0 atom stereocenters. The highest BCUT2D eigenvalue weighted by atomic mass is 32.1. The van der Waals surface area contributed by atoms with Crippen molar-refractivity contribution in [2.24, 2.45) is 0 Å². The fraction of sp³-hybridized carbons (Fsp3) is 0.667. The van der Waals surface area contributed by atoms with E-state index in [1.807, 2.05) is 13.8 Å². The van der Waals surface area contributed by atoms with Crippen molar-refractivity contribution < 1.29 is 9.90 Å². The van der Waals surface area contributed by atoms with Crippen molar-refractivity contribution in [3.05, 3.63) is 20.7 Å². The summed E-state index contributed by atoms with van der Waals surface area (Å²) in [5.74, 6) is -0.239. The maximum absolute atomic E-state index is 11.9. The van der Waals surface area contributed by atoms with Crippen LogP contribution in [0.3, 0.4) is 0 Å². The zero-order valence-corrected chi connectivity index (χ0v) is 11.8. The minimum atomic E-state index is -0.579. The number of amides is 1. The van der Waals surface area contributed by atoms with Gasteiger partial charge in [0, 0.05) is 11.1 Å². The van der Waals surface area contributed by atoms with Crippen LogP contribution in [0.5, 0.6) is 0 Å². The van der Waals surface area contributed by atoms with Crippen molar-refractivity contribution >= 4 is 17.2 Å². The Labute approximate surface area is 110 Å². The molecular formula is C12H20N2O3S. The minimum absolute atomic E-state index is 0.00984. The largest absolute Gasteiger partial charge is 0.394 e. The Morgan fingerprint density at radius 2 is 2.11 bits per heavy atom. The average Bonchev–Trinajstić information content (AvgIpc) is 2.68. The Hall–Kier alpha value is -1.14. The third-order valence-corrected chi connectivity index (χ3v) is 4.22. The smallest absolute Gasteiger partial charge is 0.307 e. The molecule has 0 spiro atoms. The molecule has 6 heteroatoms. The van der Waals surface area contributed by atoms with Crippen LogP contribution in [0.25, 0.3) is 0 Å². The Balaban J connectivity index is 2.76. The zero-order valence-electron chi connectivity index (χ0n) is 11.0. The van der Waals surface area contributed by atoms with Gasteiger partial charge < -0.3 is 10.4 Å². The summed E-state index contributed by atoms with van der Waals surface area (Å²) in [7, 11) is 0. The lowest BCUT2D eigenvalue weighted by Gasteiger charge is -2.30. The number of aliphatic hydroxyl groups excluding tert-OH is 1. The first-order valence-electron chi connectivity index (χ1n) is 6.04. The van der Waals surface area contributed by atoms with E-state index in [4.69, 9.17) is 0 Å². The molecule has 0 fully saturated rings. The van der Waals surface area contributed by atoms with Crippen LogP contribution in [-0.2, 0) is 11.3 Å². The standard InChI is InChI=1S/C12H20N2O3S/c1-4-12(5-2,8-15)13-10(16)6-14-9(3)7-18-11(14)17/h7,15H,4-6,8H2,1-3H3,(H,13,16). The third kappa shape index (κ3) is 3.20. The van der Waals surface area contributed by atoms with Gasteiger partial charge >= 0.3 is 4.87 Å². The molecule has 1 rings (SSSR count). The number of carbonyl (C=O) groups is 1. The molecule has 1 heterocycles. The highest BCUT2D eigenvalue weighted by Crippen LogP contribution is 2.14.